The van der Waals surface area contributed by atoms with Gasteiger partial charge in [-0.3, -0.25) is 0 Å². The van der Waals surface area contributed by atoms with Crippen molar-refractivity contribution >= 4 is 43.4 Å². The van der Waals surface area contributed by atoms with Crippen molar-refractivity contribution in [2.75, 3.05) is 0 Å². The Morgan fingerprint density at radius 2 is 1.06 bits per heavy atom. The minimum absolute atomic E-state index is 0.0641. The second kappa shape index (κ2) is 13.1. The van der Waals surface area contributed by atoms with Gasteiger partial charge in [0.2, 0.25) is 0 Å². The molecule has 2 aromatic heterocycles. The lowest BCUT2D eigenvalue weighted by molar-refractivity contribution is 0.332. The molecule has 0 spiro atoms. The molecule has 0 unspecified atom stereocenters. The molecule has 0 saturated carbocycles. The maximum atomic E-state index is 5.54. The van der Waals surface area contributed by atoms with Gasteiger partial charge in [0, 0.05) is 44.0 Å². The van der Waals surface area contributed by atoms with Gasteiger partial charge in [-0.15, -0.1) is 0 Å². The Morgan fingerprint density at radius 1 is 0.419 bits per heavy atom. The second-order valence-electron chi connectivity index (χ2n) is 19.7. The first-order valence-corrected chi connectivity index (χ1v) is 22.2. The van der Waals surface area contributed by atoms with Gasteiger partial charge in [0.05, 0.1) is 22.4 Å². The van der Waals surface area contributed by atoms with E-state index in [0.717, 1.165) is 51.0 Å². The predicted octanol–water partition coefficient (Wildman–Crippen LogP) is 15.5. The van der Waals surface area contributed by atoms with Crippen LogP contribution in [0, 0.1) is 0 Å². The van der Waals surface area contributed by atoms with Gasteiger partial charge < -0.3 is 4.57 Å². The number of benzene rings is 8. The Bertz CT molecular complexity index is 3490. The summed E-state index contributed by atoms with van der Waals surface area (Å²) >= 11 is 0. The maximum Gasteiger partial charge on any atom is 0.161 e. The quantitative estimate of drug-likeness (QED) is 0.178. The highest BCUT2D eigenvalue weighted by molar-refractivity contribution is 6.19. The standard InChI is InChI=1S/C59H49N3/c1-57(2)28-29-58(3,4)51-34-54-46(33-50(51)57)45-27-24-36-16-10-13-21-42(36)55(45)62(54)40-30-38-19-11-12-20-41(38)47(32-40)56-60-52(37-17-8-7-9-18-37)35-53(61-56)39-25-26-44-43-22-14-15-23-48(43)59(5,6)49(44)31-39/h7-27,30-35H,28-29H2,1-6H3. The maximum absolute atomic E-state index is 5.54. The molecule has 10 aromatic rings. The molecule has 0 saturated heterocycles. The van der Waals surface area contributed by atoms with E-state index in [1.54, 1.807) is 0 Å². The molecule has 0 fully saturated rings. The first kappa shape index (κ1) is 37.0. The van der Waals surface area contributed by atoms with Gasteiger partial charge in [-0.1, -0.05) is 169 Å². The first-order valence-electron chi connectivity index (χ1n) is 22.2. The van der Waals surface area contributed by atoms with Crippen LogP contribution in [-0.4, -0.2) is 14.5 Å². The summed E-state index contributed by atoms with van der Waals surface area (Å²) in [6.07, 6.45) is 2.34. The van der Waals surface area contributed by atoms with Gasteiger partial charge >= 0.3 is 0 Å². The number of aromatic nitrogens is 3. The van der Waals surface area contributed by atoms with E-state index >= 15 is 0 Å². The van der Waals surface area contributed by atoms with Crippen molar-refractivity contribution in [3.63, 3.8) is 0 Å². The van der Waals surface area contributed by atoms with Crippen molar-refractivity contribution in [3.8, 4) is 50.7 Å². The molecule has 62 heavy (non-hydrogen) atoms. The smallest absolute Gasteiger partial charge is 0.161 e. The van der Waals surface area contributed by atoms with Crippen LogP contribution in [0.15, 0.2) is 164 Å². The molecule has 2 heterocycles. The molecular formula is C59H49N3. The van der Waals surface area contributed by atoms with Crippen molar-refractivity contribution in [2.24, 2.45) is 0 Å². The van der Waals surface area contributed by atoms with E-state index in [4.69, 9.17) is 9.97 Å². The summed E-state index contributed by atoms with van der Waals surface area (Å²) in [5.41, 5.74) is 16.9. The average Bonchev–Trinajstić information content (AvgIpc) is 3.75. The van der Waals surface area contributed by atoms with Crippen LogP contribution in [0.25, 0.3) is 94.1 Å². The van der Waals surface area contributed by atoms with E-state index in [2.05, 4.69) is 210 Å². The minimum Gasteiger partial charge on any atom is -0.309 e. The fourth-order valence-corrected chi connectivity index (χ4v) is 11.1. The highest BCUT2D eigenvalue weighted by Crippen LogP contribution is 2.51. The van der Waals surface area contributed by atoms with Crippen molar-refractivity contribution in [3.05, 3.63) is 186 Å². The molecule has 2 aliphatic carbocycles. The zero-order valence-electron chi connectivity index (χ0n) is 36.3. The van der Waals surface area contributed by atoms with Crippen LogP contribution in [0.5, 0.6) is 0 Å². The van der Waals surface area contributed by atoms with Crippen LogP contribution in [0.1, 0.15) is 76.6 Å². The fourth-order valence-electron chi connectivity index (χ4n) is 11.1. The molecule has 0 bridgehead atoms. The Labute approximate surface area is 363 Å². The molecule has 3 heteroatoms. The molecule has 3 nitrogen and oxygen atoms in total. The normalized spacial score (nSPS) is 15.8. The van der Waals surface area contributed by atoms with Crippen molar-refractivity contribution in [2.45, 2.75) is 70.6 Å². The first-order chi connectivity index (χ1) is 30.0. The summed E-state index contributed by atoms with van der Waals surface area (Å²) in [6, 6.07) is 60.5. The van der Waals surface area contributed by atoms with Gasteiger partial charge in [0.25, 0.3) is 0 Å². The van der Waals surface area contributed by atoms with E-state index in [0.29, 0.717) is 5.82 Å². The van der Waals surface area contributed by atoms with Crippen LogP contribution < -0.4 is 0 Å². The fraction of sp³-hybridized carbons (Fsp3) is 0.186. The lowest BCUT2D eigenvalue weighted by atomic mass is 9.63. The molecule has 0 radical (unpaired) electrons. The molecule has 0 N–H and O–H groups in total. The highest BCUT2D eigenvalue weighted by atomic mass is 15.0. The van der Waals surface area contributed by atoms with Crippen molar-refractivity contribution < 1.29 is 0 Å². The highest BCUT2D eigenvalue weighted by Gasteiger charge is 2.38. The summed E-state index contributed by atoms with van der Waals surface area (Å²) in [5, 5.41) is 7.35. The van der Waals surface area contributed by atoms with E-state index in [-0.39, 0.29) is 16.2 Å². The lowest BCUT2D eigenvalue weighted by Gasteiger charge is -2.42. The molecular weight excluding hydrogens is 751 g/mol. The Hall–Kier alpha value is -6.84. The summed E-state index contributed by atoms with van der Waals surface area (Å²) < 4.78 is 2.54. The van der Waals surface area contributed by atoms with E-state index in [1.165, 1.54) is 72.4 Å². The third-order valence-corrected chi connectivity index (χ3v) is 14.6. The zero-order chi connectivity index (χ0) is 42.1. The minimum atomic E-state index is -0.124. The Balaban J connectivity index is 1.14. The number of nitrogens with zero attached hydrogens (tertiary/aromatic N) is 3. The van der Waals surface area contributed by atoms with Gasteiger partial charge in [0.15, 0.2) is 5.82 Å². The van der Waals surface area contributed by atoms with Crippen molar-refractivity contribution in [1.82, 2.24) is 14.5 Å². The molecule has 0 aliphatic heterocycles. The van der Waals surface area contributed by atoms with Gasteiger partial charge in [0.1, 0.15) is 0 Å². The summed E-state index contributed by atoms with van der Waals surface area (Å²) in [5.74, 6) is 0.716. The van der Waals surface area contributed by atoms with Crippen molar-refractivity contribution in [1.29, 1.82) is 0 Å². The van der Waals surface area contributed by atoms with Gasteiger partial charge in [-0.05, 0) is 110 Å². The third-order valence-electron chi connectivity index (χ3n) is 14.6. The molecule has 2 aliphatic rings. The largest absolute Gasteiger partial charge is 0.309 e. The second-order valence-corrected chi connectivity index (χ2v) is 19.7. The third kappa shape index (κ3) is 5.43. The Morgan fingerprint density at radius 3 is 1.85 bits per heavy atom. The average molecular weight is 800 g/mol. The topological polar surface area (TPSA) is 30.7 Å². The van der Waals surface area contributed by atoms with Gasteiger partial charge in [-0.2, -0.15) is 0 Å². The molecule has 12 rings (SSSR count). The van der Waals surface area contributed by atoms with E-state index in [1.807, 2.05) is 0 Å². The van der Waals surface area contributed by atoms with E-state index in [9.17, 15) is 0 Å². The SMILES string of the molecule is CC1(C)CCC(C)(C)c2cc3c(cc21)c1ccc2ccccc2c1n3-c1cc(-c2nc(-c3ccccc3)cc(-c3ccc4c(c3)C(C)(C)c3ccccc3-4)n2)c2ccccc2c1. The summed E-state index contributed by atoms with van der Waals surface area (Å²) in [6.45, 7) is 14.4. The monoisotopic (exact) mass is 799 g/mol. The number of rotatable bonds is 4. The molecule has 0 atom stereocenters. The molecule has 300 valence electrons. The lowest BCUT2D eigenvalue weighted by Crippen LogP contribution is -2.33. The summed E-state index contributed by atoms with van der Waals surface area (Å²) in [4.78, 5) is 11.0. The van der Waals surface area contributed by atoms with E-state index < -0.39 is 0 Å². The molecule has 0 amide bonds. The number of hydrogen-bond donors (Lipinski definition) is 0. The predicted molar refractivity (Wildman–Crippen MR) is 261 cm³/mol. The number of hydrogen-bond acceptors (Lipinski definition) is 2. The van der Waals surface area contributed by atoms with Gasteiger partial charge in [-0.25, -0.2) is 9.97 Å². The Kier molecular flexibility index (Phi) is 7.80. The van der Waals surface area contributed by atoms with Crippen LogP contribution in [0.3, 0.4) is 0 Å². The van der Waals surface area contributed by atoms with Crippen LogP contribution in [0.2, 0.25) is 0 Å². The number of fused-ring (bicyclic) bond motifs is 10. The summed E-state index contributed by atoms with van der Waals surface area (Å²) in [7, 11) is 0. The molecule has 8 aromatic carbocycles. The zero-order valence-corrected chi connectivity index (χ0v) is 36.3. The van der Waals surface area contributed by atoms with Crippen LogP contribution in [-0.2, 0) is 16.2 Å². The van der Waals surface area contributed by atoms with Crippen LogP contribution >= 0.6 is 0 Å². The van der Waals surface area contributed by atoms with Crippen LogP contribution in [0.4, 0.5) is 0 Å².